The zero-order chi connectivity index (χ0) is 19.1. The van der Waals surface area contributed by atoms with Crippen LogP contribution in [-0.2, 0) is 15.6 Å². The van der Waals surface area contributed by atoms with Crippen molar-refractivity contribution < 1.29 is 18.9 Å². The first kappa shape index (κ1) is 18.4. The van der Waals surface area contributed by atoms with Crippen LogP contribution < -0.4 is 11.2 Å². The van der Waals surface area contributed by atoms with E-state index in [4.69, 9.17) is 9.79 Å². The molecule has 3 N–H and O–H groups in total. The summed E-state index contributed by atoms with van der Waals surface area (Å²) >= 11 is 0. The molecule has 1 aromatic carbocycles. The van der Waals surface area contributed by atoms with Gasteiger partial charge in [0, 0.05) is 6.54 Å². The van der Waals surface area contributed by atoms with E-state index in [-0.39, 0.29) is 31.1 Å². The average molecular weight is 380 g/mol. The second kappa shape index (κ2) is 6.73. The van der Waals surface area contributed by atoms with E-state index in [1.54, 1.807) is 4.57 Å². The third-order valence-corrected chi connectivity index (χ3v) is 4.53. The van der Waals surface area contributed by atoms with Gasteiger partial charge in [0.1, 0.15) is 0 Å². The maximum atomic E-state index is 12.1. The number of phosphoric ester groups is 1. The van der Waals surface area contributed by atoms with Gasteiger partial charge in [0.05, 0.1) is 17.6 Å². The van der Waals surface area contributed by atoms with Crippen LogP contribution in [0.2, 0.25) is 0 Å². The van der Waals surface area contributed by atoms with Crippen LogP contribution in [0.5, 0.6) is 0 Å². The first-order valence-corrected chi connectivity index (χ1v) is 9.30. The third kappa shape index (κ3) is 3.73. The van der Waals surface area contributed by atoms with Crippen LogP contribution in [0.25, 0.3) is 22.6 Å². The quantitative estimate of drug-likeness (QED) is 0.333. The Morgan fingerprint density at radius 1 is 1.19 bits per heavy atom. The number of aromatic nitrogens is 4. The minimum Gasteiger partial charge on any atom is -0.322 e. The maximum Gasteiger partial charge on any atom is 0.469 e. The van der Waals surface area contributed by atoms with Gasteiger partial charge in [-0.3, -0.25) is 14.3 Å². The lowest BCUT2D eigenvalue weighted by molar-refractivity contribution is 0.192. The predicted octanol–water partition coefficient (Wildman–Crippen LogP) is 0.701. The second-order valence-electron chi connectivity index (χ2n) is 5.91. The largest absolute Gasteiger partial charge is 0.469 e. The number of H-pyrrole nitrogens is 1. The Morgan fingerprint density at radius 2 is 1.88 bits per heavy atom. The Kier molecular flexibility index (Phi) is 4.76. The third-order valence-electron chi connectivity index (χ3n) is 4.01. The molecule has 0 aliphatic carbocycles. The van der Waals surface area contributed by atoms with E-state index >= 15 is 0 Å². The van der Waals surface area contributed by atoms with Gasteiger partial charge in [-0.15, -0.1) is 0 Å². The van der Waals surface area contributed by atoms with Crippen LogP contribution in [0.4, 0.5) is 0 Å². The first-order chi connectivity index (χ1) is 12.2. The zero-order valence-corrected chi connectivity index (χ0v) is 15.0. The molecule has 2 aliphatic heterocycles. The van der Waals surface area contributed by atoms with Gasteiger partial charge in [0.2, 0.25) is 0 Å². The lowest BCUT2D eigenvalue weighted by Gasteiger charge is -2.17. The Balaban J connectivity index is 2.15. The van der Waals surface area contributed by atoms with E-state index in [0.717, 1.165) is 11.1 Å². The smallest absolute Gasteiger partial charge is 0.322 e. The van der Waals surface area contributed by atoms with Gasteiger partial charge in [-0.05, 0) is 43.5 Å². The number of rotatable bonds is 5. The highest BCUT2D eigenvalue weighted by molar-refractivity contribution is 7.46. The molecule has 0 atom stereocenters. The van der Waals surface area contributed by atoms with E-state index in [2.05, 4.69) is 19.5 Å². The molecule has 0 bridgehead atoms. The van der Waals surface area contributed by atoms with Crippen molar-refractivity contribution in [1.82, 2.24) is 19.5 Å². The molecule has 3 rings (SSSR count). The lowest BCUT2D eigenvalue weighted by atomic mass is 10.1. The van der Waals surface area contributed by atoms with E-state index in [1.165, 1.54) is 0 Å². The van der Waals surface area contributed by atoms with Crippen molar-refractivity contribution in [2.24, 2.45) is 0 Å². The number of aromatic amines is 1. The maximum absolute atomic E-state index is 12.1. The Labute approximate surface area is 147 Å². The normalized spacial score (nSPS) is 12.2. The summed E-state index contributed by atoms with van der Waals surface area (Å²) in [6, 6.07) is 3.70. The molecule has 0 fully saturated rings. The number of aryl methyl sites for hydroxylation is 3. The molecule has 0 spiro atoms. The summed E-state index contributed by atoms with van der Waals surface area (Å²) < 4.78 is 16.9. The molecular weight excluding hydrogens is 363 g/mol. The number of nitrogens with zero attached hydrogens (tertiary/aromatic N) is 3. The summed E-state index contributed by atoms with van der Waals surface area (Å²) in [6.45, 7) is 3.88. The standard InChI is InChI=1S/C15H17N4O6P/c1-8-6-10-11(7-9(8)2)19(4-3-5-25-26(22,23)24)13-12(16-10)14(20)18-15(21)17-13/h6-7H,3-5H2,1-2H3,(H,18,20,21)(H2,22,23,24). The molecule has 138 valence electrons. The molecule has 0 unspecified atom stereocenters. The van der Waals surface area contributed by atoms with E-state index in [0.29, 0.717) is 11.0 Å². The minimum absolute atomic E-state index is 0.0243. The molecule has 11 heteroatoms. The number of nitrogens with one attached hydrogen (secondary N) is 1. The Hall–Kier alpha value is -2.39. The summed E-state index contributed by atoms with van der Waals surface area (Å²) in [4.78, 5) is 51.6. The van der Waals surface area contributed by atoms with Crippen molar-refractivity contribution in [2.45, 2.75) is 26.8 Å². The molecule has 0 amide bonds. The molecule has 0 saturated heterocycles. The molecule has 10 nitrogen and oxygen atoms in total. The van der Waals surface area contributed by atoms with Gasteiger partial charge < -0.3 is 14.4 Å². The fourth-order valence-electron chi connectivity index (χ4n) is 2.68. The molecule has 26 heavy (non-hydrogen) atoms. The summed E-state index contributed by atoms with van der Waals surface area (Å²) in [5.41, 5.74) is 1.80. The van der Waals surface area contributed by atoms with E-state index in [1.807, 2.05) is 26.0 Å². The highest BCUT2D eigenvalue weighted by Crippen LogP contribution is 2.35. The summed E-state index contributed by atoms with van der Waals surface area (Å²) in [5.74, 6) is 0.116. The first-order valence-electron chi connectivity index (χ1n) is 7.77. The second-order valence-corrected chi connectivity index (χ2v) is 7.15. The Bertz CT molecular complexity index is 1120. The highest BCUT2D eigenvalue weighted by atomic mass is 31.2. The summed E-state index contributed by atoms with van der Waals surface area (Å²) in [7, 11) is -4.56. The van der Waals surface area contributed by atoms with Gasteiger partial charge in [0.25, 0.3) is 5.56 Å². The monoisotopic (exact) mass is 380 g/mol. The molecule has 2 aliphatic rings. The van der Waals surface area contributed by atoms with Crippen molar-refractivity contribution in [3.8, 4) is 11.5 Å². The predicted molar refractivity (Wildman–Crippen MR) is 93.1 cm³/mol. The number of phosphoric acid groups is 1. The van der Waals surface area contributed by atoms with Crippen molar-refractivity contribution in [3.05, 3.63) is 44.1 Å². The van der Waals surface area contributed by atoms with Crippen molar-refractivity contribution in [3.63, 3.8) is 0 Å². The fourth-order valence-corrected chi connectivity index (χ4v) is 3.05. The minimum atomic E-state index is -4.56. The van der Waals surface area contributed by atoms with Crippen LogP contribution in [-0.4, -0.2) is 35.9 Å². The summed E-state index contributed by atoms with van der Waals surface area (Å²) in [6.07, 6.45) is 0.236. The van der Waals surface area contributed by atoms with Gasteiger partial charge in [-0.1, -0.05) is 0 Å². The van der Waals surface area contributed by atoms with Gasteiger partial charge in [-0.25, -0.2) is 14.3 Å². The van der Waals surface area contributed by atoms with Crippen LogP contribution in [0.1, 0.15) is 17.5 Å². The zero-order valence-electron chi connectivity index (χ0n) is 14.1. The molecule has 2 heterocycles. The van der Waals surface area contributed by atoms with E-state index < -0.39 is 19.1 Å². The molecule has 0 aromatic heterocycles. The number of hydrogen-bond donors (Lipinski definition) is 3. The average Bonchev–Trinajstić information content (AvgIpc) is 2.52. The highest BCUT2D eigenvalue weighted by Gasteiger charge is 2.19. The molecular formula is C15H17N4O6P. The van der Waals surface area contributed by atoms with E-state index in [9.17, 15) is 14.2 Å². The van der Waals surface area contributed by atoms with Crippen molar-refractivity contribution in [2.75, 3.05) is 6.61 Å². The molecule has 0 saturated carbocycles. The lowest BCUT2D eigenvalue weighted by Crippen LogP contribution is -2.29. The molecule has 0 radical (unpaired) electrons. The van der Waals surface area contributed by atoms with Crippen LogP contribution in [0, 0.1) is 13.8 Å². The van der Waals surface area contributed by atoms with Crippen molar-refractivity contribution in [1.29, 1.82) is 0 Å². The van der Waals surface area contributed by atoms with Crippen LogP contribution >= 0.6 is 7.82 Å². The molecule has 1 aromatic rings. The number of fused-ring (bicyclic) bond motifs is 2. The Morgan fingerprint density at radius 3 is 2.58 bits per heavy atom. The topological polar surface area (TPSA) is 147 Å². The number of hydrogen-bond acceptors (Lipinski definition) is 6. The van der Waals surface area contributed by atoms with Crippen LogP contribution in [0.15, 0.2) is 21.7 Å². The summed E-state index contributed by atoms with van der Waals surface area (Å²) in [5, 5.41) is 0. The van der Waals surface area contributed by atoms with Gasteiger partial charge >= 0.3 is 13.5 Å². The number of benzene rings is 1. The van der Waals surface area contributed by atoms with Crippen LogP contribution in [0.3, 0.4) is 0 Å². The van der Waals surface area contributed by atoms with Gasteiger partial charge in [0.15, 0.2) is 11.5 Å². The fraction of sp³-hybridized carbons (Fsp3) is 0.333. The SMILES string of the molecule is Cc1cc2nc3c(=O)[nH]c(=O)nc-3n(CCCOP(=O)(O)O)c2cc1C. The van der Waals surface area contributed by atoms with Crippen molar-refractivity contribution >= 4 is 18.9 Å². The van der Waals surface area contributed by atoms with Gasteiger partial charge in [-0.2, -0.15) is 4.98 Å².